The van der Waals surface area contributed by atoms with Gasteiger partial charge in [-0.25, -0.2) is 0 Å². The number of aromatic nitrogens is 1. The number of anilines is 2. The molecular weight excluding hydrogens is 767 g/mol. The maximum absolute atomic E-state index is 12.6. The van der Waals surface area contributed by atoms with Crippen molar-refractivity contribution in [2.24, 2.45) is 0 Å². The van der Waals surface area contributed by atoms with Crippen LogP contribution in [0.3, 0.4) is 0 Å². The molecule has 240 valence electrons. The van der Waals surface area contributed by atoms with E-state index in [0.717, 1.165) is 60.7 Å². The molecule has 0 amide bonds. The Morgan fingerprint density at radius 1 is 0.978 bits per heavy atom. The first-order valence-corrected chi connectivity index (χ1v) is 14.1. The molecule has 0 saturated heterocycles. The molecule has 0 atom stereocenters. The second-order valence-corrected chi connectivity index (χ2v) is 10.7. The molecule has 6 rings (SSSR count). The van der Waals surface area contributed by atoms with Crippen molar-refractivity contribution in [3.05, 3.63) is 133 Å². The number of nitrogens with zero attached hydrogens (tertiary/aromatic N) is 4. The minimum atomic E-state index is -4.31. The van der Waals surface area contributed by atoms with Crippen molar-refractivity contribution in [1.82, 2.24) is 14.8 Å². The van der Waals surface area contributed by atoms with Crippen molar-refractivity contribution in [3.8, 4) is 11.1 Å². The fraction of sp³-hybridized carbons (Fsp3) is 0.189. The Balaban J connectivity index is 0.000000280. The van der Waals surface area contributed by atoms with Crippen molar-refractivity contribution in [3.63, 3.8) is 0 Å². The summed E-state index contributed by atoms with van der Waals surface area (Å²) in [5, 5.41) is 4.36. The number of halogens is 3. The molecule has 46 heavy (non-hydrogen) atoms. The summed E-state index contributed by atoms with van der Waals surface area (Å²) in [5.74, 6) is 0. The molecule has 0 radical (unpaired) electrons. The number of benzene rings is 4. The molecule has 0 aliphatic carbocycles. The van der Waals surface area contributed by atoms with Gasteiger partial charge < -0.3 is 25.0 Å². The summed E-state index contributed by atoms with van der Waals surface area (Å²) >= 11 is 0. The molecule has 5 aromatic rings. The van der Waals surface area contributed by atoms with Gasteiger partial charge in [0.1, 0.15) is 0 Å². The van der Waals surface area contributed by atoms with Crippen LogP contribution in [0.5, 0.6) is 0 Å². The zero-order valence-corrected chi connectivity index (χ0v) is 27.8. The van der Waals surface area contributed by atoms with E-state index in [2.05, 4.69) is 28.5 Å². The Bertz CT molecular complexity index is 2070. The number of aryl methyl sites for hydroxylation is 3. The van der Waals surface area contributed by atoms with Gasteiger partial charge in [0.05, 0.1) is 5.56 Å². The van der Waals surface area contributed by atoms with Gasteiger partial charge in [-0.3, -0.25) is 0 Å². The molecule has 4 aromatic carbocycles. The molecule has 0 spiro atoms. The fourth-order valence-corrected chi connectivity index (χ4v) is 5.35. The summed E-state index contributed by atoms with van der Waals surface area (Å²) in [4.78, 5) is 8.20. The summed E-state index contributed by atoms with van der Waals surface area (Å²) in [6.07, 6.45) is 1.93. The maximum atomic E-state index is 12.6. The molecular formula is C37H36F3N5Pt. The molecule has 1 aromatic heterocycles. The first-order chi connectivity index (χ1) is 23.8. The summed E-state index contributed by atoms with van der Waals surface area (Å²) in [5.41, 5.74) is 7.17. The van der Waals surface area contributed by atoms with Gasteiger partial charge >= 0.3 is 27.2 Å². The van der Waals surface area contributed by atoms with E-state index in [-0.39, 0.29) is 21.1 Å². The van der Waals surface area contributed by atoms with Gasteiger partial charge in [0, 0.05) is 8.22 Å². The molecule has 0 bridgehead atoms. The molecule has 1 aliphatic heterocycles. The van der Waals surface area contributed by atoms with E-state index in [1.165, 1.54) is 31.8 Å². The van der Waals surface area contributed by atoms with Gasteiger partial charge in [-0.15, -0.1) is 46.2 Å². The predicted octanol–water partition coefficient (Wildman–Crippen LogP) is 9.38. The van der Waals surface area contributed by atoms with Crippen LogP contribution in [0, 0.1) is 40.2 Å². The number of para-hydroxylation sites is 1. The van der Waals surface area contributed by atoms with Crippen molar-refractivity contribution in [1.29, 1.82) is 0 Å². The minimum Gasteiger partial charge on any atom is -0.657 e. The van der Waals surface area contributed by atoms with Crippen LogP contribution in [-0.2, 0) is 27.2 Å². The predicted molar refractivity (Wildman–Crippen MR) is 179 cm³/mol. The molecule has 5 nitrogen and oxygen atoms in total. The van der Waals surface area contributed by atoms with Gasteiger partial charge in [-0.1, -0.05) is 60.2 Å². The second-order valence-electron chi connectivity index (χ2n) is 10.7. The molecule has 2 heterocycles. The van der Waals surface area contributed by atoms with Gasteiger partial charge in [-0.05, 0) is 93.8 Å². The van der Waals surface area contributed by atoms with Gasteiger partial charge in [0.2, 0.25) is 0 Å². The zero-order chi connectivity index (χ0) is 37.3. The van der Waals surface area contributed by atoms with Crippen LogP contribution in [0.1, 0.15) is 37.4 Å². The van der Waals surface area contributed by atoms with Crippen LogP contribution < -0.4 is 15.2 Å². The number of alkyl halides is 3. The first-order valence-electron chi connectivity index (χ1n) is 17.1. The normalized spacial score (nSPS) is 15.4. The number of fused-ring (bicyclic) bond motifs is 3. The van der Waals surface area contributed by atoms with Gasteiger partial charge in [0.15, 0.2) is 0 Å². The zero-order valence-electron chi connectivity index (χ0n) is 31.6. The number of hydrogen-bond donors (Lipinski definition) is 1. The third kappa shape index (κ3) is 7.97. The first kappa shape index (κ1) is 27.0. The quantitative estimate of drug-likeness (QED) is 0.173. The SMILES string of the molecule is FC(F)(F)c1ccc2[n-]c3ccccc3c2c1.[2H]C([2H])([2H])N1C=CN(c2[c-]c(N[CH-]N(/C=C\C)C([2H])([2H])[2H])cc(-c3c(C)cc(C)cc3C)c2)[CH-]1.[Pt+4]. The molecule has 0 saturated carbocycles. The second kappa shape index (κ2) is 14.5. The Morgan fingerprint density at radius 3 is 2.39 bits per heavy atom. The van der Waals surface area contributed by atoms with Crippen molar-refractivity contribution >= 4 is 33.2 Å². The Morgan fingerprint density at radius 2 is 1.72 bits per heavy atom. The van der Waals surface area contributed by atoms with Crippen molar-refractivity contribution < 1.29 is 42.5 Å². The van der Waals surface area contributed by atoms with Gasteiger partial charge in [0.25, 0.3) is 0 Å². The molecule has 0 unspecified atom stereocenters. The minimum absolute atomic E-state index is 0. The number of rotatable bonds is 6. The summed E-state index contributed by atoms with van der Waals surface area (Å²) < 4.78 is 83.9. The summed E-state index contributed by atoms with van der Waals surface area (Å²) in [7, 11) is 0. The average Bonchev–Trinajstić information content (AvgIpc) is 3.68. The van der Waals surface area contributed by atoms with E-state index in [0.29, 0.717) is 22.3 Å². The third-order valence-electron chi connectivity index (χ3n) is 7.16. The van der Waals surface area contributed by atoms with E-state index in [9.17, 15) is 13.2 Å². The number of allylic oxidation sites excluding steroid dienone is 1. The van der Waals surface area contributed by atoms with E-state index in [4.69, 9.17) is 8.22 Å². The topological polar surface area (TPSA) is 35.9 Å². The summed E-state index contributed by atoms with van der Waals surface area (Å²) in [6, 6.07) is 22.1. The van der Waals surface area contributed by atoms with E-state index < -0.39 is 25.7 Å². The monoisotopic (exact) mass is 808 g/mol. The van der Waals surface area contributed by atoms with Gasteiger partial charge in [-0.2, -0.15) is 26.5 Å². The van der Waals surface area contributed by atoms with Crippen LogP contribution in [0.25, 0.3) is 32.9 Å². The maximum Gasteiger partial charge on any atom is 4.00 e. The Hall–Kier alpha value is -4.16. The van der Waals surface area contributed by atoms with Crippen LogP contribution >= 0.6 is 0 Å². The van der Waals surface area contributed by atoms with E-state index >= 15 is 0 Å². The average molecular weight is 809 g/mol. The standard InChI is InChI=1S/C24H29N4.C13H7F3N.Pt/c1-7-8-26(5)16-25-22-13-21(24-19(3)11-18(2)12-20(24)4)14-23(15-22)28-10-9-27(6)17-28;14-13(15,16)8-5-6-12-10(7-8)9-3-1-2-4-11(9)17-12;/h7-14,16-17,25H,1-6H3;1-7H;/q-3;-1;+4/b8-7-;;/i5D3,6D3;;. The molecule has 9 heteroatoms. The van der Waals surface area contributed by atoms with Crippen LogP contribution in [-0.4, -0.2) is 23.8 Å². The molecule has 0 fully saturated rings. The van der Waals surface area contributed by atoms with E-state index in [1.54, 1.807) is 42.3 Å². The van der Waals surface area contributed by atoms with Crippen LogP contribution in [0.15, 0.2) is 91.4 Å². The summed E-state index contributed by atoms with van der Waals surface area (Å²) in [6.45, 7) is 6.10. The van der Waals surface area contributed by atoms with Crippen LogP contribution in [0.2, 0.25) is 0 Å². The Labute approximate surface area is 292 Å². The smallest absolute Gasteiger partial charge is 0.657 e. The van der Waals surface area contributed by atoms with Crippen molar-refractivity contribution in [2.45, 2.75) is 33.9 Å². The number of hydrogen-bond acceptors (Lipinski definition) is 4. The van der Waals surface area contributed by atoms with Crippen molar-refractivity contribution in [2.75, 3.05) is 24.2 Å². The Kier molecular flexibility index (Phi) is 8.52. The number of nitrogens with one attached hydrogen (secondary N) is 1. The fourth-order valence-electron chi connectivity index (χ4n) is 5.35. The van der Waals surface area contributed by atoms with E-state index in [1.807, 2.05) is 39.0 Å². The molecule has 1 N–H and O–H groups in total. The van der Waals surface area contributed by atoms with Crippen LogP contribution in [0.4, 0.5) is 24.5 Å². The largest absolute Gasteiger partial charge is 4.00 e. The third-order valence-corrected chi connectivity index (χ3v) is 7.16. The molecule has 1 aliphatic rings.